The zero-order chi connectivity index (χ0) is 15.5. The lowest BCUT2D eigenvalue weighted by Gasteiger charge is -2.35. The van der Waals surface area contributed by atoms with E-state index >= 15 is 0 Å². The fourth-order valence-electron chi connectivity index (χ4n) is 2.70. The lowest BCUT2D eigenvalue weighted by molar-refractivity contribution is -0.0735. The van der Waals surface area contributed by atoms with Crippen LogP contribution in [0.25, 0.3) is 0 Å². The Labute approximate surface area is 134 Å². The zero-order valence-electron chi connectivity index (χ0n) is 12.6. The molecule has 0 bridgehead atoms. The van der Waals surface area contributed by atoms with Gasteiger partial charge in [0.05, 0.1) is 5.60 Å². The summed E-state index contributed by atoms with van der Waals surface area (Å²) in [5, 5.41) is 10.5. The topological polar surface area (TPSA) is 54.7 Å². The van der Waals surface area contributed by atoms with Crippen molar-refractivity contribution in [3.05, 3.63) is 22.4 Å². The minimum absolute atomic E-state index is 0.0610. The van der Waals surface area contributed by atoms with E-state index in [0.717, 1.165) is 17.4 Å². The molecule has 0 spiro atoms. The third-order valence-electron chi connectivity index (χ3n) is 3.85. The van der Waals surface area contributed by atoms with Crippen LogP contribution >= 0.6 is 15.9 Å². The third kappa shape index (κ3) is 4.08. The summed E-state index contributed by atoms with van der Waals surface area (Å²) < 4.78 is 8.13. The highest BCUT2D eigenvalue weighted by molar-refractivity contribution is 9.10. The lowest BCUT2D eigenvalue weighted by atomic mass is 9.94. The van der Waals surface area contributed by atoms with Crippen molar-refractivity contribution in [3.8, 4) is 0 Å². The largest absolute Gasteiger partial charge is 0.388 e. The number of carbonyl (C=O) groups excluding carboxylic acids is 1. The molecule has 0 atom stereocenters. The van der Waals surface area contributed by atoms with Gasteiger partial charge in [0.1, 0.15) is 5.69 Å². The first kappa shape index (κ1) is 16.5. The molecule has 0 aliphatic carbocycles. The number of ether oxygens (including phenoxy) is 1. The summed E-state index contributed by atoms with van der Waals surface area (Å²) >= 11 is 3.42. The molecule has 1 aliphatic rings. The van der Waals surface area contributed by atoms with Crippen molar-refractivity contribution in [1.29, 1.82) is 0 Å². The van der Waals surface area contributed by atoms with Gasteiger partial charge in [-0.2, -0.15) is 0 Å². The number of carbonyl (C=O) groups is 1. The van der Waals surface area contributed by atoms with Gasteiger partial charge >= 0.3 is 0 Å². The molecule has 0 unspecified atom stereocenters. The summed E-state index contributed by atoms with van der Waals surface area (Å²) in [5.41, 5.74) is -0.177. The van der Waals surface area contributed by atoms with Crippen LogP contribution in [0.5, 0.6) is 0 Å². The highest BCUT2D eigenvalue weighted by Gasteiger charge is 2.33. The molecule has 1 N–H and O–H groups in total. The Morgan fingerprint density at radius 2 is 2.19 bits per heavy atom. The van der Waals surface area contributed by atoms with Gasteiger partial charge in [-0.3, -0.25) is 4.79 Å². The third-order valence-corrected chi connectivity index (χ3v) is 4.28. The second-order valence-corrected chi connectivity index (χ2v) is 6.65. The summed E-state index contributed by atoms with van der Waals surface area (Å²) in [6.45, 7) is 4.33. The van der Waals surface area contributed by atoms with Gasteiger partial charge in [0.2, 0.25) is 0 Å². The van der Waals surface area contributed by atoms with Crippen LogP contribution < -0.4 is 0 Å². The quantitative estimate of drug-likeness (QED) is 0.878. The van der Waals surface area contributed by atoms with Crippen molar-refractivity contribution in [1.82, 2.24) is 9.47 Å². The van der Waals surface area contributed by atoms with E-state index < -0.39 is 5.60 Å². The maximum atomic E-state index is 12.6. The van der Waals surface area contributed by atoms with E-state index in [1.165, 1.54) is 0 Å². The fraction of sp³-hybridized carbons (Fsp3) is 0.667. The van der Waals surface area contributed by atoms with Crippen LogP contribution in [-0.4, -0.2) is 52.9 Å². The van der Waals surface area contributed by atoms with Gasteiger partial charge in [-0.05, 0) is 28.4 Å². The number of rotatable bonds is 5. The normalized spacial score (nSPS) is 17.7. The Bertz CT molecular complexity index is 495. The average molecular weight is 359 g/mol. The molecule has 2 heterocycles. The van der Waals surface area contributed by atoms with Gasteiger partial charge in [-0.1, -0.05) is 6.92 Å². The number of amides is 1. The fourth-order valence-corrected chi connectivity index (χ4v) is 3.16. The molecule has 5 nitrogen and oxygen atoms in total. The van der Waals surface area contributed by atoms with Crippen molar-refractivity contribution >= 4 is 21.8 Å². The molecule has 0 radical (unpaired) electrons. The minimum atomic E-state index is -0.831. The number of aliphatic hydroxyl groups is 1. The number of hydrogen-bond acceptors (Lipinski definition) is 3. The summed E-state index contributed by atoms with van der Waals surface area (Å²) in [6.07, 6.45) is 4.04. The van der Waals surface area contributed by atoms with E-state index in [4.69, 9.17) is 4.74 Å². The Hall–Kier alpha value is -0.850. The average Bonchev–Trinajstić information content (AvgIpc) is 2.79. The van der Waals surface area contributed by atoms with Crippen LogP contribution in [0.2, 0.25) is 0 Å². The van der Waals surface area contributed by atoms with Crippen molar-refractivity contribution in [2.45, 2.75) is 38.3 Å². The monoisotopic (exact) mass is 358 g/mol. The number of hydrogen-bond donors (Lipinski definition) is 1. The van der Waals surface area contributed by atoms with Gasteiger partial charge in [0.15, 0.2) is 0 Å². The number of aromatic nitrogens is 1. The Morgan fingerprint density at radius 3 is 2.81 bits per heavy atom. The smallest absolute Gasteiger partial charge is 0.270 e. The molecule has 118 valence electrons. The van der Waals surface area contributed by atoms with E-state index in [1.807, 2.05) is 16.8 Å². The van der Waals surface area contributed by atoms with Crippen LogP contribution in [0.3, 0.4) is 0 Å². The van der Waals surface area contributed by atoms with Crippen LogP contribution in [-0.2, 0) is 11.3 Å². The maximum Gasteiger partial charge on any atom is 0.270 e. The van der Waals surface area contributed by atoms with E-state index in [2.05, 4.69) is 22.9 Å². The number of nitrogens with zero attached hydrogens (tertiary/aromatic N) is 2. The van der Waals surface area contributed by atoms with Crippen molar-refractivity contribution < 1.29 is 14.6 Å². The molecule has 21 heavy (non-hydrogen) atoms. The zero-order valence-corrected chi connectivity index (χ0v) is 14.2. The van der Waals surface area contributed by atoms with E-state index in [1.54, 1.807) is 11.9 Å². The molecule has 1 aliphatic heterocycles. The van der Waals surface area contributed by atoms with Crippen LogP contribution in [0, 0.1) is 0 Å². The molecule has 1 amide bonds. The molecule has 0 saturated carbocycles. The minimum Gasteiger partial charge on any atom is -0.388 e. The van der Waals surface area contributed by atoms with Gasteiger partial charge in [0, 0.05) is 56.9 Å². The summed E-state index contributed by atoms with van der Waals surface area (Å²) in [5.74, 6) is -0.0610. The van der Waals surface area contributed by atoms with Crippen molar-refractivity contribution in [2.24, 2.45) is 0 Å². The molecule has 2 rings (SSSR count). The number of halogens is 1. The van der Waals surface area contributed by atoms with Crippen LogP contribution in [0.1, 0.15) is 36.7 Å². The molecular formula is C15H23BrN2O3. The molecule has 1 fully saturated rings. The van der Waals surface area contributed by atoms with Gasteiger partial charge in [-0.25, -0.2) is 0 Å². The summed E-state index contributed by atoms with van der Waals surface area (Å²) in [7, 11) is 1.74. The van der Waals surface area contributed by atoms with Crippen molar-refractivity contribution in [3.63, 3.8) is 0 Å². The highest BCUT2D eigenvalue weighted by atomic mass is 79.9. The first-order valence-electron chi connectivity index (χ1n) is 7.36. The van der Waals surface area contributed by atoms with E-state index in [9.17, 15) is 9.90 Å². The molecule has 6 heteroatoms. The maximum absolute atomic E-state index is 12.6. The van der Waals surface area contributed by atoms with E-state index in [0.29, 0.717) is 38.3 Å². The second kappa shape index (κ2) is 6.94. The standard InChI is InChI=1S/C15H23BrN2O3/c1-3-6-18-10-12(16)9-13(18)14(19)17(2)11-15(20)4-7-21-8-5-15/h9-10,20H,3-8,11H2,1-2H3. The Morgan fingerprint density at radius 1 is 1.52 bits per heavy atom. The first-order valence-corrected chi connectivity index (χ1v) is 8.16. The second-order valence-electron chi connectivity index (χ2n) is 5.73. The number of likely N-dealkylation sites (N-methyl/N-ethyl adjacent to an activating group) is 1. The van der Waals surface area contributed by atoms with Crippen LogP contribution in [0.15, 0.2) is 16.7 Å². The highest BCUT2D eigenvalue weighted by Crippen LogP contribution is 2.23. The van der Waals surface area contributed by atoms with Gasteiger partial charge in [0.25, 0.3) is 5.91 Å². The lowest BCUT2D eigenvalue weighted by Crippen LogP contribution is -2.47. The van der Waals surface area contributed by atoms with Gasteiger partial charge < -0.3 is 19.3 Å². The molecule has 1 aromatic rings. The Balaban J connectivity index is 2.08. The van der Waals surface area contributed by atoms with Gasteiger partial charge in [-0.15, -0.1) is 0 Å². The SMILES string of the molecule is CCCn1cc(Br)cc1C(=O)N(C)CC1(O)CCOCC1. The molecule has 1 saturated heterocycles. The van der Waals surface area contributed by atoms with Crippen molar-refractivity contribution in [2.75, 3.05) is 26.8 Å². The predicted octanol–water partition coefficient (Wildman–Crippen LogP) is 2.27. The first-order chi connectivity index (χ1) is 9.95. The van der Waals surface area contributed by atoms with E-state index in [-0.39, 0.29) is 5.91 Å². The van der Waals surface area contributed by atoms with Crippen LogP contribution in [0.4, 0.5) is 0 Å². The summed E-state index contributed by atoms with van der Waals surface area (Å²) in [4.78, 5) is 14.2. The predicted molar refractivity (Wildman–Crippen MR) is 84.4 cm³/mol. The Kier molecular flexibility index (Phi) is 5.46. The molecule has 1 aromatic heterocycles. The number of aryl methyl sites for hydroxylation is 1. The molecule has 0 aromatic carbocycles. The molecular weight excluding hydrogens is 336 g/mol. The summed E-state index contributed by atoms with van der Waals surface area (Å²) in [6, 6.07) is 1.84.